The summed E-state index contributed by atoms with van der Waals surface area (Å²) in [6.07, 6.45) is -4.36. The first-order valence-electron chi connectivity index (χ1n) is 7.28. The molecule has 3 nitrogen and oxygen atoms in total. The van der Waals surface area contributed by atoms with Crippen molar-refractivity contribution >= 4 is 23.0 Å². The quantitative estimate of drug-likeness (QED) is 0.830. The Kier molecular flexibility index (Phi) is 4.17. The predicted octanol–water partition coefficient (Wildman–Crippen LogP) is 4.92. The van der Waals surface area contributed by atoms with Crippen LogP contribution in [-0.2, 0) is 6.18 Å². The summed E-state index contributed by atoms with van der Waals surface area (Å²) in [5, 5.41) is 16.4. The summed E-state index contributed by atoms with van der Waals surface area (Å²) in [5.74, 6) is -0.0457. The Hall–Kier alpha value is -2.21. The van der Waals surface area contributed by atoms with Crippen LogP contribution in [0.1, 0.15) is 18.1 Å². The van der Waals surface area contributed by atoms with E-state index in [-0.39, 0.29) is 16.7 Å². The van der Waals surface area contributed by atoms with E-state index in [4.69, 9.17) is 11.6 Å². The van der Waals surface area contributed by atoms with Gasteiger partial charge in [-0.15, -0.1) is 0 Å². The molecule has 3 rings (SSSR count). The van der Waals surface area contributed by atoms with E-state index in [0.717, 1.165) is 12.1 Å². The van der Waals surface area contributed by atoms with Gasteiger partial charge < -0.3 is 5.11 Å². The third-order valence-electron chi connectivity index (χ3n) is 3.90. The fourth-order valence-corrected chi connectivity index (χ4v) is 2.82. The predicted molar refractivity (Wildman–Crippen MR) is 87.6 cm³/mol. The zero-order valence-electron chi connectivity index (χ0n) is 12.7. The molecule has 0 amide bonds. The molecule has 1 atom stereocenters. The minimum Gasteiger partial charge on any atom is -0.506 e. The standard InChI is InChI=1S/C17H14ClF3N2O/c1-10-9-23(12-7-5-11(6-8-12)17(19,20)21)22-15(10)13-3-2-4-14(18)16(13)24/h2-8,10,24H,9H2,1H3. The number of halogens is 4. The average Bonchev–Trinajstić information content (AvgIpc) is 2.91. The summed E-state index contributed by atoms with van der Waals surface area (Å²) in [7, 11) is 0. The first kappa shape index (κ1) is 16.6. The Morgan fingerprint density at radius 1 is 1.17 bits per heavy atom. The van der Waals surface area contributed by atoms with Crippen molar-refractivity contribution in [3.05, 3.63) is 58.6 Å². The van der Waals surface area contributed by atoms with Crippen LogP contribution in [0.5, 0.6) is 5.75 Å². The van der Waals surface area contributed by atoms with E-state index in [1.165, 1.54) is 12.1 Å². The van der Waals surface area contributed by atoms with Crippen LogP contribution in [0.2, 0.25) is 5.02 Å². The second-order valence-electron chi connectivity index (χ2n) is 5.65. The Balaban J connectivity index is 1.92. The molecule has 0 saturated carbocycles. The minimum absolute atomic E-state index is 0.00309. The smallest absolute Gasteiger partial charge is 0.416 e. The van der Waals surface area contributed by atoms with E-state index in [9.17, 15) is 18.3 Å². The highest BCUT2D eigenvalue weighted by Gasteiger charge is 2.31. The van der Waals surface area contributed by atoms with Crippen molar-refractivity contribution in [2.75, 3.05) is 11.6 Å². The van der Waals surface area contributed by atoms with Gasteiger partial charge in [-0.1, -0.05) is 24.6 Å². The third-order valence-corrected chi connectivity index (χ3v) is 4.20. The van der Waals surface area contributed by atoms with E-state index >= 15 is 0 Å². The second-order valence-corrected chi connectivity index (χ2v) is 6.06. The van der Waals surface area contributed by atoms with E-state index in [2.05, 4.69) is 5.10 Å². The van der Waals surface area contributed by atoms with Crippen molar-refractivity contribution in [1.29, 1.82) is 0 Å². The molecule has 7 heteroatoms. The lowest BCUT2D eigenvalue weighted by molar-refractivity contribution is -0.137. The zero-order valence-corrected chi connectivity index (χ0v) is 13.4. The number of para-hydroxylation sites is 1. The van der Waals surface area contributed by atoms with E-state index in [0.29, 0.717) is 23.5 Å². The molecule has 0 saturated heterocycles. The molecule has 1 aliphatic heterocycles. The van der Waals surface area contributed by atoms with Crippen LogP contribution in [0.15, 0.2) is 47.6 Å². The lowest BCUT2D eigenvalue weighted by Gasteiger charge is -2.15. The van der Waals surface area contributed by atoms with Gasteiger partial charge in [0.1, 0.15) is 5.75 Å². The van der Waals surface area contributed by atoms with Crippen molar-refractivity contribution < 1.29 is 18.3 Å². The molecule has 1 unspecified atom stereocenters. The number of phenols is 1. The first-order chi connectivity index (χ1) is 11.3. The van der Waals surface area contributed by atoms with Gasteiger partial charge in [0.2, 0.25) is 0 Å². The number of benzene rings is 2. The monoisotopic (exact) mass is 354 g/mol. The number of nitrogens with zero attached hydrogens (tertiary/aromatic N) is 2. The highest BCUT2D eigenvalue weighted by Crippen LogP contribution is 2.34. The summed E-state index contributed by atoms with van der Waals surface area (Å²) >= 11 is 5.93. The maximum atomic E-state index is 12.6. The summed E-state index contributed by atoms with van der Waals surface area (Å²) in [6, 6.07) is 9.85. The molecular weight excluding hydrogens is 341 g/mol. The molecule has 1 N–H and O–H groups in total. The van der Waals surface area contributed by atoms with Crippen LogP contribution in [0.3, 0.4) is 0 Å². The number of aromatic hydroxyl groups is 1. The number of hydrogen-bond acceptors (Lipinski definition) is 3. The third kappa shape index (κ3) is 3.06. The Labute approximate surface area is 142 Å². The van der Waals surface area contributed by atoms with Crippen LogP contribution in [0.25, 0.3) is 0 Å². The lowest BCUT2D eigenvalue weighted by atomic mass is 9.98. The SMILES string of the molecule is CC1CN(c2ccc(C(F)(F)F)cc2)N=C1c1cccc(Cl)c1O. The fourth-order valence-electron chi connectivity index (χ4n) is 2.64. The van der Waals surface area contributed by atoms with Crippen molar-refractivity contribution in [3.8, 4) is 5.75 Å². The summed E-state index contributed by atoms with van der Waals surface area (Å²) in [5.41, 5.74) is 1.04. The van der Waals surface area contributed by atoms with E-state index < -0.39 is 11.7 Å². The first-order valence-corrected chi connectivity index (χ1v) is 7.66. The summed E-state index contributed by atoms with van der Waals surface area (Å²) < 4.78 is 37.9. The van der Waals surface area contributed by atoms with Gasteiger partial charge in [-0.2, -0.15) is 18.3 Å². The second kappa shape index (κ2) is 6.02. The van der Waals surface area contributed by atoms with Crippen LogP contribution in [0.4, 0.5) is 18.9 Å². The lowest BCUT2D eigenvalue weighted by Crippen LogP contribution is -2.17. The fraction of sp³-hybridized carbons (Fsp3) is 0.235. The maximum Gasteiger partial charge on any atom is 0.416 e. The van der Waals surface area contributed by atoms with Crippen molar-refractivity contribution in [3.63, 3.8) is 0 Å². The zero-order chi connectivity index (χ0) is 17.5. The van der Waals surface area contributed by atoms with Crippen LogP contribution >= 0.6 is 11.6 Å². The minimum atomic E-state index is -4.36. The number of hydrazone groups is 1. The Morgan fingerprint density at radius 2 is 1.83 bits per heavy atom. The number of phenolic OH excluding ortho intramolecular Hbond substituents is 1. The normalized spacial score (nSPS) is 18.0. The van der Waals surface area contributed by atoms with Crippen molar-refractivity contribution in [1.82, 2.24) is 0 Å². The van der Waals surface area contributed by atoms with Gasteiger partial charge in [0.05, 0.1) is 22.0 Å². The van der Waals surface area contributed by atoms with E-state index in [1.807, 2.05) is 6.92 Å². The molecule has 1 aliphatic rings. The molecule has 2 aromatic rings. The molecule has 0 bridgehead atoms. The van der Waals surface area contributed by atoms with Gasteiger partial charge in [-0.25, -0.2) is 0 Å². The van der Waals surface area contributed by atoms with Crippen LogP contribution in [0, 0.1) is 5.92 Å². The topological polar surface area (TPSA) is 35.8 Å². The average molecular weight is 355 g/mol. The van der Waals surface area contributed by atoms with Gasteiger partial charge in [-0.3, -0.25) is 5.01 Å². The maximum absolute atomic E-state index is 12.6. The highest BCUT2D eigenvalue weighted by molar-refractivity contribution is 6.32. The summed E-state index contributed by atoms with van der Waals surface area (Å²) in [6.45, 7) is 2.44. The molecule has 2 aromatic carbocycles. The molecule has 0 aliphatic carbocycles. The van der Waals surface area contributed by atoms with E-state index in [1.54, 1.807) is 23.2 Å². The van der Waals surface area contributed by atoms with Crippen molar-refractivity contribution in [2.24, 2.45) is 11.0 Å². The van der Waals surface area contributed by atoms with Crippen LogP contribution in [-0.4, -0.2) is 17.4 Å². The van der Waals surface area contributed by atoms with Gasteiger partial charge in [0.15, 0.2) is 0 Å². The van der Waals surface area contributed by atoms with Gasteiger partial charge >= 0.3 is 6.18 Å². The van der Waals surface area contributed by atoms with Gasteiger partial charge in [0, 0.05) is 18.0 Å². The number of rotatable bonds is 2. The Morgan fingerprint density at radius 3 is 2.46 bits per heavy atom. The summed E-state index contributed by atoms with van der Waals surface area (Å²) in [4.78, 5) is 0. The molecule has 0 fully saturated rings. The number of hydrogen-bond donors (Lipinski definition) is 1. The molecular formula is C17H14ClF3N2O. The van der Waals surface area contributed by atoms with Crippen LogP contribution < -0.4 is 5.01 Å². The van der Waals surface area contributed by atoms with Gasteiger partial charge in [-0.05, 0) is 36.4 Å². The molecule has 0 radical (unpaired) electrons. The van der Waals surface area contributed by atoms with Gasteiger partial charge in [0.25, 0.3) is 0 Å². The molecule has 24 heavy (non-hydrogen) atoms. The molecule has 1 heterocycles. The highest BCUT2D eigenvalue weighted by atomic mass is 35.5. The van der Waals surface area contributed by atoms with Crippen molar-refractivity contribution in [2.45, 2.75) is 13.1 Å². The molecule has 0 aromatic heterocycles. The largest absolute Gasteiger partial charge is 0.506 e. The molecule has 126 valence electrons. The Bertz CT molecular complexity index is 787. The number of anilines is 1. The number of alkyl halides is 3. The molecule has 0 spiro atoms.